The Hall–Kier alpha value is -1.16. The van der Waals surface area contributed by atoms with Crippen LogP contribution in [0.3, 0.4) is 0 Å². The SMILES string of the molecule is CC(C)C1CCC(N2CCC(c3cnc(N4C5CCC4CC(C(C)C)C5)nc3)CC2)CC1. The van der Waals surface area contributed by atoms with Crippen molar-refractivity contribution in [2.45, 2.75) is 116 Å². The maximum Gasteiger partial charge on any atom is 0.225 e. The van der Waals surface area contributed by atoms with Gasteiger partial charge in [-0.05, 0) is 112 Å². The van der Waals surface area contributed by atoms with Gasteiger partial charge in [-0.15, -0.1) is 0 Å². The molecule has 4 heteroatoms. The molecule has 1 saturated carbocycles. The molecule has 178 valence electrons. The Kier molecular flexibility index (Phi) is 6.79. The van der Waals surface area contributed by atoms with E-state index in [1.807, 2.05) is 0 Å². The fraction of sp³-hybridized carbons (Fsp3) is 0.857. The molecule has 0 spiro atoms. The Morgan fingerprint density at radius 1 is 0.688 bits per heavy atom. The number of anilines is 1. The van der Waals surface area contributed by atoms with E-state index in [2.05, 4.69) is 49.9 Å². The molecule has 0 aromatic carbocycles. The van der Waals surface area contributed by atoms with Crippen molar-refractivity contribution >= 4 is 5.95 Å². The lowest BCUT2D eigenvalue weighted by Crippen LogP contribution is -2.45. The van der Waals surface area contributed by atoms with Crippen LogP contribution in [0, 0.1) is 23.7 Å². The molecule has 2 atom stereocenters. The number of aromatic nitrogens is 2. The average molecular weight is 439 g/mol. The van der Waals surface area contributed by atoms with Crippen LogP contribution in [0.1, 0.15) is 103 Å². The van der Waals surface area contributed by atoms with Crippen molar-refractivity contribution in [3.05, 3.63) is 18.0 Å². The van der Waals surface area contributed by atoms with Gasteiger partial charge in [0.05, 0.1) is 0 Å². The highest BCUT2D eigenvalue weighted by Crippen LogP contribution is 2.43. The van der Waals surface area contributed by atoms with Crippen molar-refractivity contribution < 1.29 is 0 Å². The van der Waals surface area contributed by atoms with E-state index in [1.54, 1.807) is 0 Å². The van der Waals surface area contributed by atoms with Gasteiger partial charge in [-0.3, -0.25) is 0 Å². The molecule has 3 aliphatic heterocycles. The summed E-state index contributed by atoms with van der Waals surface area (Å²) in [4.78, 5) is 15.2. The Balaban J connectivity index is 1.14. The molecular weight excluding hydrogens is 392 g/mol. The summed E-state index contributed by atoms with van der Waals surface area (Å²) in [6, 6.07) is 2.18. The normalized spacial score (nSPS) is 34.6. The Labute approximate surface area is 196 Å². The number of fused-ring (bicyclic) bond motifs is 2. The van der Waals surface area contributed by atoms with Gasteiger partial charge < -0.3 is 9.80 Å². The Morgan fingerprint density at radius 2 is 1.22 bits per heavy atom. The first-order valence-electron chi connectivity index (χ1n) is 13.8. The fourth-order valence-electron chi connectivity index (χ4n) is 7.50. The van der Waals surface area contributed by atoms with Crippen molar-refractivity contribution in [2.24, 2.45) is 23.7 Å². The lowest BCUT2D eigenvalue weighted by Gasteiger charge is -2.42. The molecule has 1 aliphatic carbocycles. The van der Waals surface area contributed by atoms with Crippen LogP contribution < -0.4 is 4.90 Å². The van der Waals surface area contributed by atoms with Crippen molar-refractivity contribution in [3.63, 3.8) is 0 Å². The van der Waals surface area contributed by atoms with E-state index in [4.69, 9.17) is 9.97 Å². The zero-order valence-corrected chi connectivity index (χ0v) is 21.0. The van der Waals surface area contributed by atoms with Gasteiger partial charge in [0.1, 0.15) is 0 Å². The van der Waals surface area contributed by atoms with Crippen molar-refractivity contribution in [1.82, 2.24) is 14.9 Å². The third-order valence-electron chi connectivity index (χ3n) is 9.80. The number of hydrogen-bond acceptors (Lipinski definition) is 4. The van der Waals surface area contributed by atoms with Crippen molar-refractivity contribution in [1.29, 1.82) is 0 Å². The smallest absolute Gasteiger partial charge is 0.225 e. The van der Waals surface area contributed by atoms with E-state index in [9.17, 15) is 0 Å². The largest absolute Gasteiger partial charge is 0.335 e. The zero-order chi connectivity index (χ0) is 22.2. The van der Waals surface area contributed by atoms with Crippen LogP contribution in [-0.2, 0) is 0 Å². The number of hydrogen-bond donors (Lipinski definition) is 0. The molecule has 0 radical (unpaired) electrons. The Bertz CT molecular complexity index is 714. The first-order chi connectivity index (χ1) is 15.5. The van der Waals surface area contributed by atoms with E-state index < -0.39 is 0 Å². The maximum absolute atomic E-state index is 4.92. The average Bonchev–Trinajstić information content (AvgIpc) is 3.08. The molecule has 0 amide bonds. The highest BCUT2D eigenvalue weighted by Gasteiger charge is 2.42. The van der Waals surface area contributed by atoms with Crippen LogP contribution >= 0.6 is 0 Å². The fourth-order valence-corrected chi connectivity index (χ4v) is 7.50. The van der Waals surface area contributed by atoms with Crippen LogP contribution in [-0.4, -0.2) is 46.1 Å². The summed E-state index contributed by atoms with van der Waals surface area (Å²) < 4.78 is 0. The van der Waals surface area contributed by atoms with Gasteiger partial charge in [0.25, 0.3) is 0 Å². The standard InChI is InChI=1S/C28H46N4/c1-19(2)21-5-7-25(8-6-21)31-13-11-22(12-14-31)24-17-29-28(30-18-24)32-26-9-10-27(32)16-23(15-26)20(3)4/h17-23,25-27H,5-16H2,1-4H3. The molecule has 4 fully saturated rings. The molecule has 1 aromatic rings. The molecule has 3 saturated heterocycles. The third-order valence-corrected chi connectivity index (χ3v) is 9.80. The zero-order valence-electron chi connectivity index (χ0n) is 21.0. The van der Waals surface area contributed by atoms with Crippen molar-refractivity contribution in [2.75, 3.05) is 18.0 Å². The van der Waals surface area contributed by atoms with Gasteiger partial charge in [-0.2, -0.15) is 0 Å². The summed E-state index contributed by atoms with van der Waals surface area (Å²) in [5.74, 6) is 5.17. The predicted molar refractivity (Wildman–Crippen MR) is 133 cm³/mol. The maximum atomic E-state index is 4.92. The summed E-state index contributed by atoms with van der Waals surface area (Å²) in [7, 11) is 0. The summed E-state index contributed by atoms with van der Waals surface area (Å²) >= 11 is 0. The summed E-state index contributed by atoms with van der Waals surface area (Å²) in [5.41, 5.74) is 1.38. The first-order valence-corrected chi connectivity index (χ1v) is 13.8. The van der Waals surface area contributed by atoms with Gasteiger partial charge in [0.2, 0.25) is 5.95 Å². The van der Waals surface area contributed by atoms with Gasteiger partial charge in [0, 0.05) is 30.5 Å². The Morgan fingerprint density at radius 3 is 1.75 bits per heavy atom. The van der Waals surface area contributed by atoms with E-state index in [0.717, 1.165) is 35.7 Å². The second-order valence-electron chi connectivity index (χ2n) is 12.2. The third kappa shape index (κ3) is 4.58. The van der Waals surface area contributed by atoms with Crippen LogP contribution in [0.5, 0.6) is 0 Å². The summed E-state index contributed by atoms with van der Waals surface area (Å²) in [5, 5.41) is 0. The molecule has 0 N–H and O–H groups in total. The van der Waals surface area contributed by atoms with Crippen molar-refractivity contribution in [3.8, 4) is 0 Å². The molecule has 4 aliphatic rings. The molecule has 5 rings (SSSR count). The molecule has 2 unspecified atom stereocenters. The molecule has 32 heavy (non-hydrogen) atoms. The molecule has 4 nitrogen and oxygen atoms in total. The van der Waals surface area contributed by atoms with Gasteiger partial charge in [0.15, 0.2) is 0 Å². The minimum absolute atomic E-state index is 0.649. The van der Waals surface area contributed by atoms with E-state index in [-0.39, 0.29) is 0 Å². The van der Waals surface area contributed by atoms with Crippen LogP contribution in [0.15, 0.2) is 12.4 Å². The monoisotopic (exact) mass is 438 g/mol. The van der Waals surface area contributed by atoms with E-state index in [1.165, 1.54) is 82.9 Å². The minimum Gasteiger partial charge on any atom is -0.335 e. The van der Waals surface area contributed by atoms with Gasteiger partial charge in [-0.1, -0.05) is 27.7 Å². The molecule has 4 heterocycles. The van der Waals surface area contributed by atoms with Crippen LogP contribution in [0.4, 0.5) is 5.95 Å². The van der Waals surface area contributed by atoms with Crippen LogP contribution in [0.25, 0.3) is 0 Å². The topological polar surface area (TPSA) is 32.3 Å². The molecule has 2 bridgehead atoms. The quantitative estimate of drug-likeness (QED) is 0.542. The van der Waals surface area contributed by atoms with E-state index >= 15 is 0 Å². The lowest BCUT2D eigenvalue weighted by molar-refractivity contribution is 0.0981. The molecule has 1 aromatic heterocycles. The first kappa shape index (κ1) is 22.6. The summed E-state index contributed by atoms with van der Waals surface area (Å²) in [6.45, 7) is 12.1. The second-order valence-corrected chi connectivity index (χ2v) is 12.2. The number of rotatable bonds is 5. The number of likely N-dealkylation sites (tertiary alicyclic amines) is 1. The van der Waals surface area contributed by atoms with Gasteiger partial charge >= 0.3 is 0 Å². The van der Waals surface area contributed by atoms with Gasteiger partial charge in [-0.25, -0.2) is 9.97 Å². The van der Waals surface area contributed by atoms with E-state index in [0.29, 0.717) is 18.0 Å². The summed E-state index contributed by atoms with van der Waals surface area (Å²) in [6.07, 6.45) is 17.9. The number of piperidine rings is 2. The predicted octanol–water partition coefficient (Wildman–Crippen LogP) is 6.27. The molecular formula is C28H46N4. The highest BCUT2D eigenvalue weighted by atomic mass is 15.3. The second kappa shape index (κ2) is 9.60. The minimum atomic E-state index is 0.649. The van der Waals surface area contributed by atoms with Crippen LogP contribution in [0.2, 0.25) is 0 Å². The number of nitrogens with zero attached hydrogens (tertiary/aromatic N) is 4. The highest BCUT2D eigenvalue weighted by molar-refractivity contribution is 5.37. The lowest BCUT2D eigenvalue weighted by atomic mass is 9.78.